The van der Waals surface area contributed by atoms with Gasteiger partial charge in [0.05, 0.1) is 0 Å². The molecule has 0 amide bonds. The summed E-state index contributed by atoms with van der Waals surface area (Å²) in [6.45, 7) is 6.81. The minimum absolute atomic E-state index is 0.193. The number of nitrogens with one attached hydrogen (secondary N) is 2. The molecule has 0 aliphatic carbocycles. The summed E-state index contributed by atoms with van der Waals surface area (Å²) >= 11 is 0. The second-order valence-electron chi connectivity index (χ2n) is 5.37. The topological polar surface area (TPSA) is 24.1 Å². The van der Waals surface area contributed by atoms with E-state index in [0.717, 1.165) is 0 Å². The van der Waals surface area contributed by atoms with Crippen LogP contribution >= 0.6 is 0 Å². The summed E-state index contributed by atoms with van der Waals surface area (Å²) in [4.78, 5) is 0. The van der Waals surface area contributed by atoms with Crippen LogP contribution in [0.2, 0.25) is 0 Å². The maximum absolute atomic E-state index is 3.43. The monoisotopic (exact) mass is 228 g/mol. The standard InChI is InChI=1S/C14H32N2/c1-6-7-8-9-10-11-12-13(15-4)14(2,3)16-5/h13,15-16H,6-12H2,1-5H3. The minimum Gasteiger partial charge on any atom is -0.315 e. The molecule has 0 aliphatic rings. The fourth-order valence-electron chi connectivity index (χ4n) is 2.17. The van der Waals surface area contributed by atoms with E-state index in [9.17, 15) is 0 Å². The van der Waals surface area contributed by atoms with Gasteiger partial charge in [-0.25, -0.2) is 0 Å². The third-order valence-electron chi connectivity index (χ3n) is 3.71. The number of hydrogen-bond donors (Lipinski definition) is 2. The van der Waals surface area contributed by atoms with E-state index in [1.807, 2.05) is 7.05 Å². The van der Waals surface area contributed by atoms with Crippen LogP contribution in [-0.2, 0) is 0 Å². The minimum atomic E-state index is 0.193. The van der Waals surface area contributed by atoms with Crippen LogP contribution in [-0.4, -0.2) is 25.7 Å². The Hall–Kier alpha value is -0.0800. The van der Waals surface area contributed by atoms with Crippen molar-refractivity contribution in [1.82, 2.24) is 10.6 Å². The van der Waals surface area contributed by atoms with E-state index in [2.05, 4.69) is 38.5 Å². The average Bonchev–Trinajstić information content (AvgIpc) is 2.28. The Morgan fingerprint density at radius 3 is 2.00 bits per heavy atom. The molecule has 98 valence electrons. The first kappa shape index (κ1) is 15.9. The number of likely N-dealkylation sites (N-methyl/N-ethyl adjacent to an activating group) is 2. The van der Waals surface area contributed by atoms with Gasteiger partial charge in [-0.3, -0.25) is 0 Å². The molecule has 1 unspecified atom stereocenters. The molecule has 0 rings (SSSR count). The van der Waals surface area contributed by atoms with Crippen molar-refractivity contribution in [2.75, 3.05) is 14.1 Å². The summed E-state index contributed by atoms with van der Waals surface area (Å²) < 4.78 is 0. The highest BCUT2D eigenvalue weighted by Gasteiger charge is 2.25. The van der Waals surface area contributed by atoms with Crippen LogP contribution in [0.1, 0.15) is 65.7 Å². The summed E-state index contributed by atoms with van der Waals surface area (Å²) in [7, 11) is 4.12. The predicted octanol–water partition coefficient (Wildman–Crippen LogP) is 3.32. The van der Waals surface area contributed by atoms with Crippen molar-refractivity contribution in [2.45, 2.75) is 77.3 Å². The molecule has 0 heterocycles. The smallest absolute Gasteiger partial charge is 0.0275 e. The fraction of sp³-hybridized carbons (Fsp3) is 1.00. The first-order valence-corrected chi connectivity index (χ1v) is 6.94. The Bertz CT molecular complexity index is 155. The van der Waals surface area contributed by atoms with Gasteiger partial charge in [0.2, 0.25) is 0 Å². The van der Waals surface area contributed by atoms with Crippen molar-refractivity contribution in [3.05, 3.63) is 0 Å². The van der Waals surface area contributed by atoms with E-state index < -0.39 is 0 Å². The van der Waals surface area contributed by atoms with E-state index in [1.165, 1.54) is 44.9 Å². The molecule has 2 heteroatoms. The van der Waals surface area contributed by atoms with Gasteiger partial charge in [-0.05, 0) is 34.4 Å². The molecule has 0 saturated carbocycles. The van der Waals surface area contributed by atoms with Crippen LogP contribution in [0.4, 0.5) is 0 Å². The summed E-state index contributed by atoms with van der Waals surface area (Å²) in [5, 5.41) is 6.82. The van der Waals surface area contributed by atoms with Crippen LogP contribution in [0.5, 0.6) is 0 Å². The molecule has 0 radical (unpaired) electrons. The molecule has 2 nitrogen and oxygen atoms in total. The highest BCUT2D eigenvalue weighted by Crippen LogP contribution is 2.16. The van der Waals surface area contributed by atoms with Crippen molar-refractivity contribution in [2.24, 2.45) is 0 Å². The molecule has 1 atom stereocenters. The van der Waals surface area contributed by atoms with E-state index in [-0.39, 0.29) is 5.54 Å². The van der Waals surface area contributed by atoms with Crippen LogP contribution < -0.4 is 10.6 Å². The molecule has 0 fully saturated rings. The Balaban J connectivity index is 3.64. The first-order chi connectivity index (χ1) is 7.58. The Kier molecular flexibility index (Phi) is 8.96. The van der Waals surface area contributed by atoms with Gasteiger partial charge in [0.25, 0.3) is 0 Å². The van der Waals surface area contributed by atoms with Crippen molar-refractivity contribution in [1.29, 1.82) is 0 Å². The fourth-order valence-corrected chi connectivity index (χ4v) is 2.17. The molecule has 0 aliphatic heterocycles. The number of unbranched alkanes of at least 4 members (excludes halogenated alkanes) is 5. The lowest BCUT2D eigenvalue weighted by Crippen LogP contribution is -2.53. The van der Waals surface area contributed by atoms with E-state index in [0.29, 0.717) is 6.04 Å². The second-order valence-corrected chi connectivity index (χ2v) is 5.37. The van der Waals surface area contributed by atoms with Gasteiger partial charge < -0.3 is 10.6 Å². The lowest BCUT2D eigenvalue weighted by Gasteiger charge is -2.34. The molecular weight excluding hydrogens is 196 g/mol. The third kappa shape index (κ3) is 6.49. The van der Waals surface area contributed by atoms with E-state index in [4.69, 9.17) is 0 Å². The van der Waals surface area contributed by atoms with Gasteiger partial charge in [-0.2, -0.15) is 0 Å². The molecule has 0 aromatic rings. The highest BCUT2D eigenvalue weighted by atomic mass is 15.0. The largest absolute Gasteiger partial charge is 0.315 e. The first-order valence-electron chi connectivity index (χ1n) is 6.94. The third-order valence-corrected chi connectivity index (χ3v) is 3.71. The Morgan fingerprint density at radius 2 is 1.50 bits per heavy atom. The van der Waals surface area contributed by atoms with Crippen LogP contribution in [0.15, 0.2) is 0 Å². The SMILES string of the molecule is CCCCCCCCC(NC)C(C)(C)NC. The Morgan fingerprint density at radius 1 is 0.938 bits per heavy atom. The molecule has 16 heavy (non-hydrogen) atoms. The summed E-state index contributed by atoms with van der Waals surface area (Å²) in [5.74, 6) is 0. The van der Waals surface area contributed by atoms with E-state index in [1.54, 1.807) is 0 Å². The zero-order valence-electron chi connectivity index (χ0n) is 12.0. The number of hydrogen-bond acceptors (Lipinski definition) is 2. The van der Waals surface area contributed by atoms with Crippen LogP contribution in [0.3, 0.4) is 0 Å². The maximum atomic E-state index is 3.43. The van der Waals surface area contributed by atoms with Crippen molar-refractivity contribution >= 4 is 0 Å². The predicted molar refractivity (Wildman–Crippen MR) is 74.0 cm³/mol. The lowest BCUT2D eigenvalue weighted by molar-refractivity contribution is 0.285. The van der Waals surface area contributed by atoms with Gasteiger partial charge >= 0.3 is 0 Å². The van der Waals surface area contributed by atoms with Crippen molar-refractivity contribution < 1.29 is 0 Å². The second kappa shape index (κ2) is 9.00. The molecule has 0 spiro atoms. The summed E-state index contributed by atoms with van der Waals surface area (Å²) in [6.07, 6.45) is 9.57. The van der Waals surface area contributed by atoms with Crippen molar-refractivity contribution in [3.8, 4) is 0 Å². The van der Waals surface area contributed by atoms with Crippen LogP contribution in [0, 0.1) is 0 Å². The zero-order chi connectivity index (χ0) is 12.4. The molecule has 0 bridgehead atoms. The Labute approximate surface area is 103 Å². The van der Waals surface area contributed by atoms with Gasteiger partial charge in [-0.15, -0.1) is 0 Å². The average molecular weight is 228 g/mol. The lowest BCUT2D eigenvalue weighted by atomic mass is 9.90. The summed E-state index contributed by atoms with van der Waals surface area (Å²) in [6, 6.07) is 0.573. The molecule has 0 aromatic carbocycles. The van der Waals surface area contributed by atoms with Gasteiger partial charge in [-0.1, -0.05) is 45.4 Å². The highest BCUT2D eigenvalue weighted by molar-refractivity contribution is 4.89. The van der Waals surface area contributed by atoms with E-state index >= 15 is 0 Å². The van der Waals surface area contributed by atoms with Gasteiger partial charge in [0.15, 0.2) is 0 Å². The van der Waals surface area contributed by atoms with Gasteiger partial charge in [0, 0.05) is 11.6 Å². The molecule has 0 saturated heterocycles. The molecule has 0 aromatic heterocycles. The number of rotatable bonds is 10. The van der Waals surface area contributed by atoms with Gasteiger partial charge in [0.1, 0.15) is 0 Å². The molecule has 2 N–H and O–H groups in total. The maximum Gasteiger partial charge on any atom is 0.0275 e. The summed E-state index contributed by atoms with van der Waals surface area (Å²) in [5.41, 5.74) is 0.193. The normalized spacial score (nSPS) is 14.1. The van der Waals surface area contributed by atoms with Crippen molar-refractivity contribution in [3.63, 3.8) is 0 Å². The molecular formula is C14H32N2. The van der Waals surface area contributed by atoms with Crippen LogP contribution in [0.25, 0.3) is 0 Å². The zero-order valence-corrected chi connectivity index (χ0v) is 12.0. The quantitative estimate of drug-likeness (QED) is 0.561.